The lowest BCUT2D eigenvalue weighted by molar-refractivity contribution is -0.137. The normalized spacial score (nSPS) is 10.6. The molecule has 1 aromatic carbocycles. The van der Waals surface area contributed by atoms with Crippen molar-refractivity contribution in [3.8, 4) is 5.69 Å². The van der Waals surface area contributed by atoms with Crippen LogP contribution < -0.4 is 10.9 Å². The van der Waals surface area contributed by atoms with E-state index >= 15 is 0 Å². The Balaban J connectivity index is 2.13. The van der Waals surface area contributed by atoms with Gasteiger partial charge in [0, 0.05) is 19.9 Å². The van der Waals surface area contributed by atoms with E-state index in [9.17, 15) is 14.4 Å². The largest absolute Gasteiger partial charge is 0.481 e. The van der Waals surface area contributed by atoms with E-state index in [2.05, 4.69) is 5.32 Å². The fourth-order valence-corrected chi connectivity index (χ4v) is 2.48. The molecule has 0 atom stereocenters. The molecule has 0 saturated heterocycles. The molecule has 0 aliphatic rings. The molecule has 0 saturated carbocycles. The number of carboxylic acid groups (broad SMARTS) is 1. The fraction of sp³-hybridized carbons (Fsp3) is 0.353. The summed E-state index contributed by atoms with van der Waals surface area (Å²) in [5.74, 6) is -1.16. The number of nitrogens with one attached hydrogen (secondary N) is 1. The smallest absolute Gasteiger partial charge is 0.303 e. The minimum atomic E-state index is -0.875. The third-order valence-electron chi connectivity index (χ3n) is 3.86. The van der Waals surface area contributed by atoms with Crippen molar-refractivity contribution in [1.82, 2.24) is 9.36 Å². The molecule has 2 rings (SSSR count). The highest BCUT2D eigenvalue weighted by Gasteiger charge is 2.17. The number of carboxylic acids is 1. The Morgan fingerprint density at radius 3 is 2.38 bits per heavy atom. The predicted octanol–water partition coefficient (Wildman–Crippen LogP) is 2.07. The number of para-hydroxylation sites is 1. The fourth-order valence-electron chi connectivity index (χ4n) is 2.48. The third-order valence-corrected chi connectivity index (χ3v) is 3.86. The number of nitrogens with zero attached hydrogens (tertiary/aromatic N) is 2. The van der Waals surface area contributed by atoms with Crippen LogP contribution in [0.25, 0.3) is 5.69 Å². The van der Waals surface area contributed by atoms with Crippen molar-refractivity contribution in [3.05, 3.63) is 46.4 Å². The van der Waals surface area contributed by atoms with Crippen molar-refractivity contribution in [3.63, 3.8) is 0 Å². The van der Waals surface area contributed by atoms with Gasteiger partial charge in [0.05, 0.1) is 11.4 Å². The topological polar surface area (TPSA) is 93.3 Å². The lowest BCUT2D eigenvalue weighted by Gasteiger charge is -2.07. The van der Waals surface area contributed by atoms with Crippen LogP contribution in [0.1, 0.15) is 31.4 Å². The second kappa shape index (κ2) is 7.63. The van der Waals surface area contributed by atoms with Crippen LogP contribution in [-0.4, -0.2) is 26.3 Å². The average Bonchev–Trinajstić information content (AvgIpc) is 2.76. The Hall–Kier alpha value is -2.83. The minimum Gasteiger partial charge on any atom is -0.481 e. The van der Waals surface area contributed by atoms with E-state index in [0.29, 0.717) is 18.5 Å². The number of anilines is 1. The Morgan fingerprint density at radius 2 is 1.75 bits per heavy atom. The van der Waals surface area contributed by atoms with Crippen LogP contribution in [0.4, 0.5) is 5.69 Å². The van der Waals surface area contributed by atoms with Gasteiger partial charge < -0.3 is 10.4 Å². The molecular weight excluding hydrogens is 310 g/mol. The van der Waals surface area contributed by atoms with Crippen molar-refractivity contribution < 1.29 is 14.7 Å². The molecule has 1 aromatic heterocycles. The molecule has 0 radical (unpaired) electrons. The predicted molar refractivity (Wildman–Crippen MR) is 90.5 cm³/mol. The summed E-state index contributed by atoms with van der Waals surface area (Å²) in [7, 11) is 1.76. The van der Waals surface area contributed by atoms with Gasteiger partial charge in [0.25, 0.3) is 5.56 Å². The first-order valence-corrected chi connectivity index (χ1v) is 7.77. The van der Waals surface area contributed by atoms with Crippen LogP contribution in [0.3, 0.4) is 0 Å². The van der Waals surface area contributed by atoms with E-state index in [0.717, 1.165) is 5.69 Å². The zero-order chi connectivity index (χ0) is 17.7. The molecule has 0 fully saturated rings. The van der Waals surface area contributed by atoms with Crippen LogP contribution in [0.5, 0.6) is 0 Å². The van der Waals surface area contributed by atoms with Crippen molar-refractivity contribution in [2.24, 2.45) is 7.05 Å². The van der Waals surface area contributed by atoms with Crippen LogP contribution >= 0.6 is 0 Å². The van der Waals surface area contributed by atoms with Crippen molar-refractivity contribution in [2.45, 2.75) is 32.6 Å². The summed E-state index contributed by atoms with van der Waals surface area (Å²) in [5, 5.41) is 11.2. The van der Waals surface area contributed by atoms with Crippen LogP contribution in [0.2, 0.25) is 0 Å². The van der Waals surface area contributed by atoms with Crippen LogP contribution in [-0.2, 0) is 16.6 Å². The summed E-state index contributed by atoms with van der Waals surface area (Å²) < 4.78 is 3.19. The Kier molecular flexibility index (Phi) is 5.57. The van der Waals surface area contributed by atoms with Gasteiger partial charge in [-0.25, -0.2) is 4.68 Å². The van der Waals surface area contributed by atoms with Gasteiger partial charge in [-0.15, -0.1) is 0 Å². The van der Waals surface area contributed by atoms with Gasteiger partial charge >= 0.3 is 5.97 Å². The molecule has 2 aromatic rings. The quantitative estimate of drug-likeness (QED) is 0.760. The lowest BCUT2D eigenvalue weighted by atomic mass is 10.2. The number of unbranched alkanes of at least 4 members (excludes halogenated alkanes) is 1. The first-order valence-electron chi connectivity index (χ1n) is 7.77. The van der Waals surface area contributed by atoms with Gasteiger partial charge in [0.15, 0.2) is 0 Å². The number of amides is 1. The number of hydrogen-bond acceptors (Lipinski definition) is 3. The molecule has 0 aliphatic carbocycles. The summed E-state index contributed by atoms with van der Waals surface area (Å²) in [6, 6.07) is 9.18. The molecule has 7 heteroatoms. The third kappa shape index (κ3) is 3.92. The highest BCUT2D eigenvalue weighted by atomic mass is 16.4. The summed E-state index contributed by atoms with van der Waals surface area (Å²) in [4.78, 5) is 35.1. The number of aliphatic carboxylic acids is 1. The minimum absolute atomic E-state index is 0.0401. The first kappa shape index (κ1) is 17.5. The number of hydrogen-bond donors (Lipinski definition) is 2. The molecule has 0 aliphatic heterocycles. The number of benzene rings is 1. The molecule has 0 spiro atoms. The van der Waals surface area contributed by atoms with Gasteiger partial charge in [0.1, 0.15) is 5.69 Å². The van der Waals surface area contributed by atoms with E-state index in [1.165, 1.54) is 4.68 Å². The monoisotopic (exact) mass is 331 g/mol. The average molecular weight is 331 g/mol. The molecule has 128 valence electrons. The zero-order valence-electron chi connectivity index (χ0n) is 13.8. The van der Waals surface area contributed by atoms with Crippen molar-refractivity contribution >= 4 is 17.6 Å². The van der Waals surface area contributed by atoms with E-state index in [1.54, 1.807) is 18.7 Å². The summed E-state index contributed by atoms with van der Waals surface area (Å²) >= 11 is 0. The van der Waals surface area contributed by atoms with E-state index in [4.69, 9.17) is 5.11 Å². The molecule has 0 unspecified atom stereocenters. The standard InChI is InChI=1S/C17H21N3O4/c1-12-16(18-14(21)10-6-7-11-15(22)23)17(24)20(19(12)2)13-8-4-3-5-9-13/h3-5,8-9H,6-7,10-11H2,1-2H3,(H,18,21)(H,22,23). The second-order valence-electron chi connectivity index (χ2n) is 5.59. The van der Waals surface area contributed by atoms with E-state index in [1.807, 2.05) is 30.3 Å². The summed E-state index contributed by atoms with van der Waals surface area (Å²) in [5.41, 5.74) is 1.34. The molecule has 2 N–H and O–H groups in total. The molecule has 1 amide bonds. The van der Waals surface area contributed by atoms with Gasteiger partial charge in [-0.1, -0.05) is 18.2 Å². The molecular formula is C17H21N3O4. The van der Waals surface area contributed by atoms with Gasteiger partial charge in [-0.3, -0.25) is 19.1 Å². The molecule has 7 nitrogen and oxygen atoms in total. The van der Waals surface area contributed by atoms with Gasteiger partial charge in [-0.2, -0.15) is 0 Å². The lowest BCUT2D eigenvalue weighted by Crippen LogP contribution is -2.22. The molecule has 24 heavy (non-hydrogen) atoms. The summed E-state index contributed by atoms with van der Waals surface area (Å²) in [6.45, 7) is 1.76. The number of rotatable bonds is 7. The molecule has 0 bridgehead atoms. The highest BCUT2D eigenvalue weighted by Crippen LogP contribution is 2.14. The Morgan fingerprint density at radius 1 is 1.12 bits per heavy atom. The van der Waals surface area contributed by atoms with Gasteiger partial charge in [0.2, 0.25) is 5.91 Å². The zero-order valence-corrected chi connectivity index (χ0v) is 13.8. The van der Waals surface area contributed by atoms with Crippen LogP contribution in [0.15, 0.2) is 35.1 Å². The maximum Gasteiger partial charge on any atom is 0.303 e. The van der Waals surface area contributed by atoms with Crippen molar-refractivity contribution in [2.75, 3.05) is 5.32 Å². The van der Waals surface area contributed by atoms with Gasteiger partial charge in [-0.05, 0) is 31.9 Å². The second-order valence-corrected chi connectivity index (χ2v) is 5.59. The Bertz CT molecular complexity index is 790. The van der Waals surface area contributed by atoms with E-state index < -0.39 is 5.97 Å². The van der Waals surface area contributed by atoms with Crippen molar-refractivity contribution in [1.29, 1.82) is 0 Å². The number of aromatic nitrogens is 2. The summed E-state index contributed by atoms with van der Waals surface area (Å²) in [6.07, 6.45) is 1.13. The number of carbonyl (C=O) groups is 2. The maximum atomic E-state index is 12.6. The highest BCUT2D eigenvalue weighted by molar-refractivity contribution is 5.91. The number of carbonyl (C=O) groups excluding carboxylic acids is 1. The SMILES string of the molecule is Cc1c(NC(=O)CCCCC(=O)O)c(=O)n(-c2ccccc2)n1C. The Labute approximate surface area is 139 Å². The maximum absolute atomic E-state index is 12.6. The first-order chi connectivity index (χ1) is 11.4. The molecule has 1 heterocycles. The van der Waals surface area contributed by atoms with Crippen LogP contribution in [0, 0.1) is 6.92 Å². The van der Waals surface area contributed by atoms with E-state index in [-0.39, 0.29) is 30.0 Å².